The molecule has 1 radical (unpaired) electrons. The summed E-state index contributed by atoms with van der Waals surface area (Å²) in [5.41, 5.74) is 0. The van der Waals surface area contributed by atoms with Crippen LogP contribution in [0.2, 0.25) is 39.3 Å². The van der Waals surface area contributed by atoms with Crippen LogP contribution in [-0.4, -0.2) is 22.3 Å². The van der Waals surface area contributed by atoms with Gasteiger partial charge in [0.05, 0.1) is 7.11 Å². The van der Waals surface area contributed by atoms with Gasteiger partial charge >= 0.3 is 0 Å². The number of hydrogen-bond donors (Lipinski definition) is 0. The molecule has 0 atom stereocenters. The fourth-order valence-electron chi connectivity index (χ4n) is 0.517. The highest BCUT2D eigenvalue weighted by molar-refractivity contribution is 7.71. The van der Waals surface area contributed by atoms with Gasteiger partial charge in [0.15, 0.2) is 0 Å². The molecule has 61 valence electrons. The zero-order valence-electron chi connectivity index (χ0n) is 7.88. The summed E-state index contributed by atoms with van der Waals surface area (Å²) in [5.74, 6) is 0. The summed E-state index contributed by atoms with van der Waals surface area (Å²) < 4.78 is 0. The van der Waals surface area contributed by atoms with Crippen molar-refractivity contribution in [3.05, 3.63) is 0 Å². The minimum absolute atomic E-state index is 0.495. The van der Waals surface area contributed by atoms with Gasteiger partial charge in [-0.1, -0.05) is 39.3 Å². The fourth-order valence-corrected chi connectivity index (χ4v) is 21.6. The molecule has 0 aliphatic carbocycles. The Bertz CT molecular complexity index is 115. The second-order valence-corrected chi connectivity index (χ2v) is 31.6. The van der Waals surface area contributed by atoms with E-state index in [0.29, 0.717) is 0 Å². The van der Waals surface area contributed by atoms with Crippen molar-refractivity contribution in [2.24, 2.45) is 0 Å². The Balaban J connectivity index is 4.40. The molecular weight excluding hydrogens is 192 g/mol. The maximum absolute atomic E-state index is 6.25. The van der Waals surface area contributed by atoms with Crippen LogP contribution in [0.25, 0.3) is 0 Å². The molecule has 0 saturated carbocycles. The molecule has 0 aromatic heterocycles. The first-order valence-corrected chi connectivity index (χ1v) is 15.2. The number of halogens is 1. The van der Waals surface area contributed by atoms with Crippen LogP contribution in [0.3, 0.4) is 0 Å². The Morgan fingerprint density at radius 1 is 1.00 bits per heavy atom. The van der Waals surface area contributed by atoms with Gasteiger partial charge in [-0.2, -0.15) is 11.1 Å². The van der Waals surface area contributed by atoms with Crippen LogP contribution in [0, 0.1) is 0 Å². The standard InChI is InChI=1S/C6H18ClSi3/c1-8(7)10(5,6)9(2,3)4/h1-6H3. The van der Waals surface area contributed by atoms with Gasteiger partial charge in [0.2, 0.25) is 0 Å². The zero-order chi connectivity index (χ0) is 8.58. The lowest BCUT2D eigenvalue weighted by Gasteiger charge is -2.36. The third kappa shape index (κ3) is 2.22. The van der Waals surface area contributed by atoms with Crippen LogP contribution in [-0.2, 0) is 0 Å². The molecular formula is C6H18ClSi3. The van der Waals surface area contributed by atoms with E-state index in [9.17, 15) is 0 Å². The molecule has 0 aliphatic heterocycles. The van der Waals surface area contributed by atoms with Crippen LogP contribution >= 0.6 is 11.1 Å². The third-order valence-corrected chi connectivity index (χ3v) is 40.4. The van der Waals surface area contributed by atoms with Crippen molar-refractivity contribution in [3.63, 3.8) is 0 Å². The first kappa shape index (κ1) is 10.9. The van der Waals surface area contributed by atoms with Crippen molar-refractivity contribution in [1.29, 1.82) is 0 Å². The van der Waals surface area contributed by atoms with Crippen LogP contribution in [0.1, 0.15) is 0 Å². The summed E-state index contributed by atoms with van der Waals surface area (Å²) in [6.07, 6.45) is 0. The molecule has 0 bridgehead atoms. The van der Waals surface area contributed by atoms with Crippen molar-refractivity contribution in [1.82, 2.24) is 0 Å². The van der Waals surface area contributed by atoms with Gasteiger partial charge < -0.3 is 0 Å². The van der Waals surface area contributed by atoms with Gasteiger partial charge in [-0.05, 0) is 0 Å². The molecule has 0 rings (SSSR count). The predicted octanol–water partition coefficient (Wildman–Crippen LogP) is 3.05. The van der Waals surface area contributed by atoms with Crippen LogP contribution < -0.4 is 0 Å². The molecule has 0 aromatic rings. The maximum Gasteiger partial charge on any atom is 0.148 e. The van der Waals surface area contributed by atoms with E-state index < -0.39 is 22.3 Å². The first-order chi connectivity index (χ1) is 4.19. The number of hydrogen-bond acceptors (Lipinski definition) is 0. The topological polar surface area (TPSA) is 0 Å². The number of rotatable bonds is 2. The molecule has 10 heavy (non-hydrogen) atoms. The lowest BCUT2D eigenvalue weighted by atomic mass is 11.8. The second kappa shape index (κ2) is 3.13. The van der Waals surface area contributed by atoms with E-state index in [-0.39, 0.29) is 0 Å². The Morgan fingerprint density at radius 3 is 1.30 bits per heavy atom. The van der Waals surface area contributed by atoms with Crippen LogP contribution in [0.15, 0.2) is 0 Å². The summed E-state index contributed by atoms with van der Waals surface area (Å²) in [6.45, 7) is 14.5. The predicted molar refractivity (Wildman–Crippen MR) is 58.3 cm³/mol. The van der Waals surface area contributed by atoms with Gasteiger partial charge in [-0.25, -0.2) is 0 Å². The van der Waals surface area contributed by atoms with Crippen LogP contribution in [0.5, 0.6) is 0 Å². The quantitative estimate of drug-likeness (QED) is 0.485. The lowest BCUT2D eigenvalue weighted by Crippen LogP contribution is -2.60. The van der Waals surface area contributed by atoms with E-state index >= 15 is 0 Å². The highest BCUT2D eigenvalue weighted by Gasteiger charge is 2.41. The molecule has 0 saturated heterocycles. The molecule has 0 aromatic carbocycles. The highest BCUT2D eigenvalue weighted by Crippen LogP contribution is 2.22. The lowest BCUT2D eigenvalue weighted by molar-refractivity contribution is 1.78. The molecule has 0 N–H and O–H groups in total. The fraction of sp³-hybridized carbons (Fsp3) is 1.00. The van der Waals surface area contributed by atoms with Gasteiger partial charge in [-0.3, -0.25) is 0 Å². The Kier molecular flexibility index (Phi) is 3.42. The van der Waals surface area contributed by atoms with E-state index in [4.69, 9.17) is 11.1 Å². The molecule has 0 nitrogen and oxygen atoms in total. The second-order valence-electron chi connectivity index (χ2n) is 4.41. The van der Waals surface area contributed by atoms with E-state index in [1.165, 1.54) is 0 Å². The normalized spacial score (nSPS) is 14.4. The third-order valence-electron chi connectivity index (χ3n) is 2.74. The van der Waals surface area contributed by atoms with E-state index in [1.54, 1.807) is 0 Å². The summed E-state index contributed by atoms with van der Waals surface area (Å²) in [4.78, 5) is 0. The van der Waals surface area contributed by atoms with E-state index in [2.05, 4.69) is 39.3 Å². The molecule has 0 aliphatic rings. The maximum atomic E-state index is 6.25. The Morgan fingerprint density at radius 2 is 1.30 bits per heavy atom. The minimum Gasteiger partial charge on any atom is -0.173 e. The summed E-state index contributed by atoms with van der Waals surface area (Å²) in [7, 11) is -2.37. The van der Waals surface area contributed by atoms with Crippen LogP contribution in [0.4, 0.5) is 0 Å². The van der Waals surface area contributed by atoms with Crippen molar-refractivity contribution >= 4 is 33.4 Å². The Hall–Kier alpha value is 0.941. The van der Waals surface area contributed by atoms with Gasteiger partial charge in [-0.15, -0.1) is 0 Å². The average Bonchev–Trinajstić information content (AvgIpc) is 1.62. The van der Waals surface area contributed by atoms with E-state index in [0.717, 1.165) is 0 Å². The Labute approximate surface area is 72.9 Å². The summed E-state index contributed by atoms with van der Waals surface area (Å²) in [6, 6.07) is 0. The monoisotopic (exact) mass is 209 g/mol. The van der Waals surface area contributed by atoms with Crippen molar-refractivity contribution < 1.29 is 0 Å². The first-order valence-electron chi connectivity index (χ1n) is 3.69. The van der Waals surface area contributed by atoms with Crippen molar-refractivity contribution in [2.75, 3.05) is 0 Å². The molecule has 0 spiro atoms. The van der Waals surface area contributed by atoms with E-state index in [1.807, 2.05) is 0 Å². The molecule has 0 unspecified atom stereocenters. The highest BCUT2D eigenvalue weighted by atomic mass is 35.6. The molecule has 4 heteroatoms. The average molecular weight is 210 g/mol. The van der Waals surface area contributed by atoms with Gasteiger partial charge in [0.25, 0.3) is 0 Å². The zero-order valence-corrected chi connectivity index (χ0v) is 11.6. The molecule has 0 fully saturated rings. The smallest absolute Gasteiger partial charge is 0.148 e. The van der Waals surface area contributed by atoms with Crippen molar-refractivity contribution in [2.45, 2.75) is 39.3 Å². The minimum atomic E-state index is -0.976. The molecule has 0 amide bonds. The van der Waals surface area contributed by atoms with Gasteiger partial charge in [0, 0.05) is 7.59 Å². The molecule has 0 heterocycles. The SMILES string of the molecule is C[Si](Cl)[Si](C)(C)[Si](C)(C)C. The summed E-state index contributed by atoms with van der Waals surface area (Å²) in [5, 5.41) is 0. The van der Waals surface area contributed by atoms with Gasteiger partial charge in [0.1, 0.15) is 7.62 Å². The summed E-state index contributed by atoms with van der Waals surface area (Å²) >= 11 is 6.25. The largest absolute Gasteiger partial charge is 0.173 e. The van der Waals surface area contributed by atoms with Crippen molar-refractivity contribution in [3.8, 4) is 0 Å².